The molecule has 0 radical (unpaired) electrons. The lowest BCUT2D eigenvalue weighted by atomic mass is 10.0. The zero-order chi connectivity index (χ0) is 17.8. The lowest BCUT2D eigenvalue weighted by molar-refractivity contribution is 0.181. The fourth-order valence-electron chi connectivity index (χ4n) is 3.65. The summed E-state index contributed by atoms with van der Waals surface area (Å²) in [4.78, 5) is 8.56. The maximum Gasteiger partial charge on any atom is 0.191 e. The van der Waals surface area contributed by atoms with Crippen molar-refractivity contribution in [3.63, 3.8) is 0 Å². The van der Waals surface area contributed by atoms with Gasteiger partial charge in [-0.05, 0) is 47.8 Å². The standard InChI is InChI=1S/C21H28N4S/c1-22-21(23-13-16-7-8-16)24-14-19(17-5-3-2-4-6-17)25-11-9-20-18(15-25)10-12-26-20/h2-6,10,12,16,19H,7-9,11,13-15H2,1H3,(H2,22,23,24). The van der Waals surface area contributed by atoms with Crippen LogP contribution in [0.5, 0.6) is 0 Å². The molecule has 26 heavy (non-hydrogen) atoms. The molecule has 138 valence electrons. The Morgan fingerprint density at radius 1 is 1.23 bits per heavy atom. The summed E-state index contributed by atoms with van der Waals surface area (Å²) in [7, 11) is 1.86. The van der Waals surface area contributed by atoms with Crippen LogP contribution in [0, 0.1) is 5.92 Å². The summed E-state index contributed by atoms with van der Waals surface area (Å²) < 4.78 is 0. The first-order chi connectivity index (χ1) is 12.8. The molecule has 4 rings (SSSR count). The molecule has 2 aromatic rings. The minimum absolute atomic E-state index is 0.351. The number of guanidine groups is 1. The average molecular weight is 369 g/mol. The highest BCUT2D eigenvalue weighted by Gasteiger charge is 2.26. The van der Waals surface area contributed by atoms with Crippen molar-refractivity contribution >= 4 is 17.3 Å². The molecule has 2 N–H and O–H groups in total. The number of nitrogens with zero attached hydrogens (tertiary/aromatic N) is 2. The highest BCUT2D eigenvalue weighted by Crippen LogP contribution is 2.30. The fourth-order valence-corrected chi connectivity index (χ4v) is 4.54. The van der Waals surface area contributed by atoms with E-state index < -0.39 is 0 Å². The van der Waals surface area contributed by atoms with E-state index in [1.165, 1.54) is 24.0 Å². The molecule has 2 aliphatic rings. The molecule has 2 heterocycles. The molecular weight excluding hydrogens is 340 g/mol. The highest BCUT2D eigenvalue weighted by atomic mass is 32.1. The number of aliphatic imine (C=N–C) groups is 1. The van der Waals surface area contributed by atoms with Gasteiger partial charge in [0.25, 0.3) is 0 Å². The smallest absolute Gasteiger partial charge is 0.191 e. The molecule has 1 saturated carbocycles. The molecule has 5 heteroatoms. The van der Waals surface area contributed by atoms with Gasteiger partial charge in [0.1, 0.15) is 0 Å². The van der Waals surface area contributed by atoms with E-state index in [2.05, 4.69) is 62.3 Å². The first kappa shape index (κ1) is 17.6. The van der Waals surface area contributed by atoms with Gasteiger partial charge in [-0.2, -0.15) is 0 Å². The van der Waals surface area contributed by atoms with E-state index in [4.69, 9.17) is 0 Å². The van der Waals surface area contributed by atoms with Crippen molar-refractivity contribution in [1.82, 2.24) is 15.5 Å². The maximum absolute atomic E-state index is 4.40. The van der Waals surface area contributed by atoms with Gasteiger partial charge in [0.15, 0.2) is 5.96 Å². The van der Waals surface area contributed by atoms with Crippen molar-refractivity contribution in [3.8, 4) is 0 Å². The van der Waals surface area contributed by atoms with Crippen LogP contribution in [0.15, 0.2) is 46.8 Å². The summed E-state index contributed by atoms with van der Waals surface area (Å²) in [6.45, 7) is 4.06. The van der Waals surface area contributed by atoms with Gasteiger partial charge in [-0.25, -0.2) is 0 Å². The number of thiophene rings is 1. The Morgan fingerprint density at radius 2 is 2.08 bits per heavy atom. The largest absolute Gasteiger partial charge is 0.356 e. The minimum Gasteiger partial charge on any atom is -0.356 e. The van der Waals surface area contributed by atoms with Gasteiger partial charge in [0.2, 0.25) is 0 Å². The molecule has 0 spiro atoms. The maximum atomic E-state index is 4.40. The summed E-state index contributed by atoms with van der Waals surface area (Å²) >= 11 is 1.90. The predicted molar refractivity (Wildman–Crippen MR) is 110 cm³/mol. The van der Waals surface area contributed by atoms with Crippen molar-refractivity contribution in [2.24, 2.45) is 10.9 Å². The van der Waals surface area contributed by atoms with Crippen LogP contribution in [0.25, 0.3) is 0 Å². The third-order valence-corrected chi connectivity index (χ3v) is 6.43. The number of hydrogen-bond donors (Lipinski definition) is 2. The van der Waals surface area contributed by atoms with E-state index in [1.54, 1.807) is 4.88 Å². The van der Waals surface area contributed by atoms with E-state index >= 15 is 0 Å². The van der Waals surface area contributed by atoms with Crippen LogP contribution in [-0.4, -0.2) is 37.5 Å². The molecule has 1 aromatic heterocycles. The number of hydrogen-bond acceptors (Lipinski definition) is 3. The Kier molecular flexibility index (Phi) is 5.56. The summed E-state index contributed by atoms with van der Waals surface area (Å²) in [5, 5.41) is 9.27. The Morgan fingerprint density at radius 3 is 2.85 bits per heavy atom. The highest BCUT2D eigenvalue weighted by molar-refractivity contribution is 7.10. The van der Waals surface area contributed by atoms with Gasteiger partial charge in [-0.3, -0.25) is 9.89 Å². The second kappa shape index (κ2) is 8.23. The summed E-state index contributed by atoms with van der Waals surface area (Å²) in [5.41, 5.74) is 2.87. The molecule has 1 unspecified atom stereocenters. The number of rotatable bonds is 6. The van der Waals surface area contributed by atoms with Crippen LogP contribution in [0.3, 0.4) is 0 Å². The molecule has 0 amide bonds. The molecule has 0 saturated heterocycles. The van der Waals surface area contributed by atoms with Crippen molar-refractivity contribution in [2.75, 3.05) is 26.7 Å². The Bertz CT molecular complexity index is 735. The SMILES string of the molecule is CN=C(NCC1CC1)NCC(c1ccccc1)N1CCc2sccc2C1. The van der Waals surface area contributed by atoms with E-state index in [9.17, 15) is 0 Å². The normalized spacial score (nSPS) is 19.0. The van der Waals surface area contributed by atoms with Gasteiger partial charge in [-0.1, -0.05) is 30.3 Å². The van der Waals surface area contributed by atoms with Crippen LogP contribution in [0.2, 0.25) is 0 Å². The number of fused-ring (bicyclic) bond motifs is 1. The van der Waals surface area contributed by atoms with Crippen LogP contribution in [0.1, 0.15) is 34.9 Å². The second-order valence-corrected chi connectivity index (χ2v) is 8.29. The zero-order valence-electron chi connectivity index (χ0n) is 15.4. The fraction of sp³-hybridized carbons (Fsp3) is 0.476. The van der Waals surface area contributed by atoms with Gasteiger partial charge >= 0.3 is 0 Å². The molecule has 4 nitrogen and oxygen atoms in total. The predicted octanol–water partition coefficient (Wildman–Crippen LogP) is 3.42. The molecule has 1 atom stereocenters. The minimum atomic E-state index is 0.351. The molecule has 1 aliphatic carbocycles. The zero-order valence-corrected chi connectivity index (χ0v) is 16.3. The monoisotopic (exact) mass is 368 g/mol. The van der Waals surface area contributed by atoms with Gasteiger partial charge in [0.05, 0.1) is 6.04 Å². The van der Waals surface area contributed by atoms with E-state index in [1.807, 2.05) is 18.4 Å². The summed E-state index contributed by atoms with van der Waals surface area (Å²) in [6, 6.07) is 13.5. The molecule has 0 bridgehead atoms. The third kappa shape index (κ3) is 4.27. The molecule has 1 aromatic carbocycles. The first-order valence-electron chi connectivity index (χ1n) is 9.62. The van der Waals surface area contributed by atoms with Crippen LogP contribution in [0.4, 0.5) is 0 Å². The van der Waals surface area contributed by atoms with Crippen LogP contribution in [-0.2, 0) is 13.0 Å². The summed E-state index contributed by atoms with van der Waals surface area (Å²) in [5.74, 6) is 1.77. The molecule has 1 fully saturated rings. The average Bonchev–Trinajstić information content (AvgIpc) is 3.40. The van der Waals surface area contributed by atoms with E-state index in [-0.39, 0.29) is 0 Å². The van der Waals surface area contributed by atoms with Crippen molar-refractivity contribution < 1.29 is 0 Å². The Balaban J connectivity index is 1.44. The topological polar surface area (TPSA) is 39.7 Å². The lowest BCUT2D eigenvalue weighted by Gasteiger charge is -2.35. The van der Waals surface area contributed by atoms with E-state index in [0.29, 0.717) is 6.04 Å². The number of nitrogens with one attached hydrogen (secondary N) is 2. The number of benzene rings is 1. The molecule has 1 aliphatic heterocycles. The van der Waals surface area contributed by atoms with Crippen molar-refractivity contribution in [3.05, 3.63) is 57.8 Å². The first-order valence-corrected chi connectivity index (χ1v) is 10.5. The van der Waals surface area contributed by atoms with E-state index in [0.717, 1.165) is 44.5 Å². The third-order valence-electron chi connectivity index (χ3n) is 5.40. The van der Waals surface area contributed by atoms with Crippen molar-refractivity contribution in [1.29, 1.82) is 0 Å². The Hall–Kier alpha value is -1.85. The molecular formula is C21H28N4S. The van der Waals surface area contributed by atoms with Gasteiger partial charge < -0.3 is 10.6 Å². The van der Waals surface area contributed by atoms with Gasteiger partial charge in [-0.15, -0.1) is 11.3 Å². The second-order valence-electron chi connectivity index (χ2n) is 7.29. The Labute approximate surface area is 160 Å². The van der Waals surface area contributed by atoms with Crippen molar-refractivity contribution in [2.45, 2.75) is 31.8 Å². The summed E-state index contributed by atoms with van der Waals surface area (Å²) in [6.07, 6.45) is 3.87. The lowest BCUT2D eigenvalue weighted by Crippen LogP contribution is -2.44. The quantitative estimate of drug-likeness (QED) is 0.606. The van der Waals surface area contributed by atoms with Gasteiger partial charge in [0, 0.05) is 38.1 Å². The van der Waals surface area contributed by atoms with Crippen LogP contribution >= 0.6 is 11.3 Å². The van der Waals surface area contributed by atoms with Crippen LogP contribution < -0.4 is 10.6 Å².